The van der Waals surface area contributed by atoms with Gasteiger partial charge < -0.3 is 5.32 Å². The first-order chi connectivity index (χ1) is 9.63. The van der Waals surface area contributed by atoms with Crippen molar-refractivity contribution >= 4 is 5.91 Å². The lowest BCUT2D eigenvalue weighted by Crippen LogP contribution is -2.49. The summed E-state index contributed by atoms with van der Waals surface area (Å²) in [6, 6.07) is 11.9. The minimum absolute atomic E-state index is 0.124. The van der Waals surface area contributed by atoms with Crippen LogP contribution in [0.25, 0.3) is 0 Å². The molecule has 0 bridgehead atoms. The summed E-state index contributed by atoms with van der Waals surface area (Å²) in [4.78, 5) is 12.3. The number of nitriles is 1. The van der Waals surface area contributed by atoms with Crippen molar-refractivity contribution in [1.82, 2.24) is 5.32 Å². The number of nitrogens with zero attached hydrogens (tertiary/aromatic N) is 1. The quantitative estimate of drug-likeness (QED) is 0.913. The summed E-state index contributed by atoms with van der Waals surface area (Å²) in [5.74, 6) is -0.725. The van der Waals surface area contributed by atoms with Crippen LogP contribution in [0.15, 0.2) is 30.3 Å². The molecule has 0 aliphatic heterocycles. The summed E-state index contributed by atoms with van der Waals surface area (Å²) < 4.78 is 0. The topological polar surface area (TPSA) is 52.9 Å². The minimum Gasteiger partial charge on any atom is -0.350 e. The second kappa shape index (κ2) is 6.56. The highest BCUT2D eigenvalue weighted by atomic mass is 16.2. The third-order valence-corrected chi connectivity index (χ3v) is 4.14. The van der Waals surface area contributed by atoms with Crippen LogP contribution in [-0.4, -0.2) is 11.4 Å². The van der Waals surface area contributed by atoms with Gasteiger partial charge in [0.1, 0.15) is 5.92 Å². The van der Waals surface area contributed by atoms with E-state index in [1.165, 1.54) is 6.42 Å². The van der Waals surface area contributed by atoms with Crippen molar-refractivity contribution in [2.24, 2.45) is 5.92 Å². The molecule has 1 aliphatic carbocycles. The summed E-state index contributed by atoms with van der Waals surface area (Å²) in [7, 11) is 0. The van der Waals surface area contributed by atoms with Gasteiger partial charge in [-0.25, -0.2) is 0 Å². The average Bonchev–Trinajstić information content (AvgIpc) is 2.46. The van der Waals surface area contributed by atoms with Gasteiger partial charge in [-0.15, -0.1) is 0 Å². The van der Waals surface area contributed by atoms with E-state index in [9.17, 15) is 10.1 Å². The zero-order chi connectivity index (χ0) is 14.4. The van der Waals surface area contributed by atoms with Gasteiger partial charge in [-0.3, -0.25) is 4.79 Å². The van der Waals surface area contributed by atoms with Gasteiger partial charge in [0.05, 0.1) is 6.07 Å². The predicted molar refractivity (Wildman–Crippen MR) is 78.9 cm³/mol. The Bertz CT molecular complexity index is 483. The van der Waals surface area contributed by atoms with Gasteiger partial charge in [-0.05, 0) is 31.7 Å². The molecule has 1 fully saturated rings. The fraction of sp³-hybridized carbons (Fsp3) is 0.529. The molecule has 1 amide bonds. The molecule has 1 aliphatic rings. The lowest BCUT2D eigenvalue weighted by Gasteiger charge is -2.35. The molecular weight excluding hydrogens is 248 g/mol. The van der Waals surface area contributed by atoms with Gasteiger partial charge in [0.15, 0.2) is 0 Å². The number of carbonyl (C=O) groups excluding carboxylic acids is 1. The van der Waals surface area contributed by atoms with Gasteiger partial charge in [0.2, 0.25) is 5.91 Å². The third-order valence-electron chi connectivity index (χ3n) is 4.14. The van der Waals surface area contributed by atoms with Crippen LogP contribution in [0.2, 0.25) is 0 Å². The fourth-order valence-electron chi connectivity index (χ4n) is 2.89. The predicted octanol–water partition coefficient (Wildman–Crippen LogP) is 3.21. The van der Waals surface area contributed by atoms with Crippen LogP contribution in [0.5, 0.6) is 0 Å². The van der Waals surface area contributed by atoms with Crippen molar-refractivity contribution < 1.29 is 4.79 Å². The number of rotatable bonds is 4. The van der Waals surface area contributed by atoms with E-state index in [0.29, 0.717) is 6.42 Å². The fourth-order valence-corrected chi connectivity index (χ4v) is 2.89. The van der Waals surface area contributed by atoms with E-state index in [2.05, 4.69) is 18.3 Å². The highest BCUT2D eigenvalue weighted by molar-refractivity contribution is 5.82. The maximum absolute atomic E-state index is 12.3. The first kappa shape index (κ1) is 14.6. The first-order valence-electron chi connectivity index (χ1n) is 7.38. The average molecular weight is 270 g/mol. The molecule has 0 spiro atoms. The number of hydrogen-bond acceptors (Lipinski definition) is 2. The third kappa shape index (κ3) is 3.84. The van der Waals surface area contributed by atoms with Gasteiger partial charge in [-0.1, -0.05) is 49.6 Å². The Morgan fingerprint density at radius 1 is 1.30 bits per heavy atom. The maximum Gasteiger partial charge on any atom is 0.238 e. The molecule has 1 unspecified atom stereocenters. The number of hydrogen-bond donors (Lipinski definition) is 1. The normalized spacial score (nSPS) is 18.8. The molecule has 1 N–H and O–H groups in total. The highest BCUT2D eigenvalue weighted by Crippen LogP contribution is 2.28. The van der Waals surface area contributed by atoms with Crippen LogP contribution < -0.4 is 5.32 Å². The smallest absolute Gasteiger partial charge is 0.238 e. The minimum atomic E-state index is -0.601. The van der Waals surface area contributed by atoms with Crippen LogP contribution in [0.3, 0.4) is 0 Å². The molecule has 3 nitrogen and oxygen atoms in total. The van der Waals surface area contributed by atoms with E-state index >= 15 is 0 Å². The molecule has 1 aromatic carbocycles. The largest absolute Gasteiger partial charge is 0.350 e. The highest BCUT2D eigenvalue weighted by Gasteiger charge is 2.31. The molecule has 106 valence electrons. The molecule has 1 saturated carbocycles. The first-order valence-corrected chi connectivity index (χ1v) is 7.38. The summed E-state index contributed by atoms with van der Waals surface area (Å²) in [5.41, 5.74) is 0.907. The zero-order valence-electron chi connectivity index (χ0n) is 12.1. The van der Waals surface area contributed by atoms with Crippen LogP contribution in [0.1, 0.15) is 44.6 Å². The van der Waals surface area contributed by atoms with E-state index in [1.54, 1.807) is 0 Å². The summed E-state index contributed by atoms with van der Waals surface area (Å²) in [5, 5.41) is 12.4. The Morgan fingerprint density at radius 3 is 2.55 bits per heavy atom. The van der Waals surface area contributed by atoms with Crippen LogP contribution in [0.4, 0.5) is 0 Å². The molecule has 1 aromatic rings. The van der Waals surface area contributed by atoms with Crippen molar-refractivity contribution in [2.45, 2.75) is 51.0 Å². The standard InChI is InChI=1S/C17H22N2O/c1-17(10-6-3-7-11-17)19-16(20)15(13-18)12-14-8-4-2-5-9-14/h2,4-5,8-9,15H,3,6-7,10-12H2,1H3,(H,19,20). The number of benzene rings is 1. The Kier molecular flexibility index (Phi) is 4.79. The maximum atomic E-state index is 12.3. The summed E-state index contributed by atoms with van der Waals surface area (Å²) in [6.45, 7) is 2.10. The van der Waals surface area contributed by atoms with Crippen molar-refractivity contribution in [1.29, 1.82) is 5.26 Å². The lowest BCUT2D eigenvalue weighted by atomic mass is 9.83. The van der Waals surface area contributed by atoms with Crippen molar-refractivity contribution in [3.05, 3.63) is 35.9 Å². The van der Waals surface area contributed by atoms with E-state index in [1.807, 2.05) is 30.3 Å². The monoisotopic (exact) mass is 270 g/mol. The van der Waals surface area contributed by atoms with Crippen molar-refractivity contribution in [3.63, 3.8) is 0 Å². The van der Waals surface area contributed by atoms with E-state index in [-0.39, 0.29) is 11.4 Å². The molecule has 3 heteroatoms. The molecule has 0 aromatic heterocycles. The lowest BCUT2D eigenvalue weighted by molar-refractivity contribution is -0.125. The molecule has 2 rings (SSSR count). The Morgan fingerprint density at radius 2 is 1.95 bits per heavy atom. The van der Waals surface area contributed by atoms with Crippen molar-refractivity contribution in [2.75, 3.05) is 0 Å². The van der Waals surface area contributed by atoms with E-state index in [4.69, 9.17) is 0 Å². The van der Waals surface area contributed by atoms with Gasteiger partial charge in [-0.2, -0.15) is 5.26 Å². The Labute approximate surface area is 121 Å². The van der Waals surface area contributed by atoms with Gasteiger partial charge >= 0.3 is 0 Å². The summed E-state index contributed by atoms with van der Waals surface area (Å²) >= 11 is 0. The Hall–Kier alpha value is -1.82. The second-order valence-electron chi connectivity index (χ2n) is 5.98. The molecule has 1 atom stereocenters. The number of carbonyl (C=O) groups is 1. The molecule has 0 saturated heterocycles. The zero-order valence-corrected chi connectivity index (χ0v) is 12.1. The van der Waals surface area contributed by atoms with Gasteiger partial charge in [0.25, 0.3) is 0 Å². The molecule has 0 radical (unpaired) electrons. The van der Waals surface area contributed by atoms with Crippen molar-refractivity contribution in [3.8, 4) is 6.07 Å². The molecule has 20 heavy (non-hydrogen) atoms. The number of amides is 1. The van der Waals surface area contributed by atoms with Crippen LogP contribution in [-0.2, 0) is 11.2 Å². The van der Waals surface area contributed by atoms with E-state index < -0.39 is 5.92 Å². The van der Waals surface area contributed by atoms with Crippen LogP contribution >= 0.6 is 0 Å². The van der Waals surface area contributed by atoms with Gasteiger partial charge in [0, 0.05) is 5.54 Å². The second-order valence-corrected chi connectivity index (χ2v) is 5.98. The molecule has 0 heterocycles. The summed E-state index contributed by atoms with van der Waals surface area (Å²) in [6.07, 6.45) is 6.08. The molecular formula is C17H22N2O. The SMILES string of the molecule is CC1(NC(=O)C(C#N)Cc2ccccc2)CCCCC1. The van der Waals surface area contributed by atoms with E-state index in [0.717, 1.165) is 31.2 Å². The number of nitrogens with one attached hydrogen (secondary N) is 1. The van der Waals surface area contributed by atoms with Crippen LogP contribution in [0, 0.1) is 17.2 Å². The Balaban J connectivity index is 1.97.